The maximum atomic E-state index is 11.0. The van der Waals surface area contributed by atoms with Crippen LogP contribution in [0, 0.1) is 0 Å². The maximum Gasteiger partial charge on any atom is 0.230 e. The lowest BCUT2D eigenvalue weighted by Crippen LogP contribution is -2.24. The van der Waals surface area contributed by atoms with Gasteiger partial charge in [0.15, 0.2) is 0 Å². The van der Waals surface area contributed by atoms with E-state index in [-0.39, 0.29) is 11.2 Å². The van der Waals surface area contributed by atoms with Gasteiger partial charge in [0.05, 0.1) is 11.0 Å². The molecule has 0 aliphatic carbocycles. The third kappa shape index (κ3) is 3.63. The van der Waals surface area contributed by atoms with Gasteiger partial charge >= 0.3 is 0 Å². The molecule has 0 bridgehead atoms. The summed E-state index contributed by atoms with van der Waals surface area (Å²) in [6.45, 7) is 4.01. The van der Waals surface area contributed by atoms with Crippen LogP contribution in [0.25, 0.3) is 0 Å². The lowest BCUT2D eigenvalue weighted by molar-refractivity contribution is -0.117. The second-order valence-electron chi connectivity index (χ2n) is 3.33. The summed E-state index contributed by atoms with van der Waals surface area (Å²) >= 11 is 1.54. The van der Waals surface area contributed by atoms with Gasteiger partial charge in [-0.05, 0) is 18.6 Å². The molecule has 0 fully saturated rings. The molecular formula is C11H17NO2S. The van der Waals surface area contributed by atoms with Gasteiger partial charge < -0.3 is 10.2 Å². The monoisotopic (exact) mass is 227 g/mol. The van der Waals surface area contributed by atoms with E-state index in [0.29, 0.717) is 5.75 Å². The van der Waals surface area contributed by atoms with Gasteiger partial charge in [0.1, 0.15) is 11.5 Å². The molecule has 1 aromatic heterocycles. The highest BCUT2D eigenvalue weighted by molar-refractivity contribution is 7.99. The molecule has 0 aliphatic rings. The van der Waals surface area contributed by atoms with Crippen LogP contribution in [0.5, 0.6) is 0 Å². The first kappa shape index (κ1) is 12.2. The number of aryl methyl sites for hydroxylation is 1. The van der Waals surface area contributed by atoms with Gasteiger partial charge in [0.25, 0.3) is 0 Å². The SMILES string of the molecule is CCc1ccc(CSC(CC)C(N)=O)o1. The van der Waals surface area contributed by atoms with Crippen LogP contribution in [-0.2, 0) is 17.0 Å². The number of nitrogens with two attached hydrogens (primary N) is 1. The van der Waals surface area contributed by atoms with Crippen molar-refractivity contribution in [3.63, 3.8) is 0 Å². The van der Waals surface area contributed by atoms with Crippen molar-refractivity contribution >= 4 is 17.7 Å². The highest BCUT2D eigenvalue weighted by atomic mass is 32.2. The Kier molecular flexibility index (Phi) is 4.75. The minimum Gasteiger partial charge on any atom is -0.465 e. The van der Waals surface area contributed by atoms with Crippen LogP contribution < -0.4 is 5.73 Å². The molecule has 0 saturated heterocycles. The summed E-state index contributed by atoms with van der Waals surface area (Å²) in [5, 5.41) is -0.111. The number of amides is 1. The van der Waals surface area contributed by atoms with E-state index in [9.17, 15) is 4.79 Å². The smallest absolute Gasteiger partial charge is 0.230 e. The molecule has 1 rings (SSSR count). The predicted octanol–water partition coefficient (Wildman–Crippen LogP) is 2.34. The van der Waals surface area contributed by atoms with E-state index in [4.69, 9.17) is 10.2 Å². The van der Waals surface area contributed by atoms with Crippen molar-refractivity contribution in [1.29, 1.82) is 0 Å². The van der Waals surface area contributed by atoms with Gasteiger partial charge in [-0.15, -0.1) is 11.8 Å². The van der Waals surface area contributed by atoms with E-state index in [2.05, 4.69) is 0 Å². The summed E-state index contributed by atoms with van der Waals surface area (Å²) in [6, 6.07) is 3.93. The number of hydrogen-bond donors (Lipinski definition) is 1. The van der Waals surface area contributed by atoms with Crippen LogP contribution in [0.1, 0.15) is 31.8 Å². The van der Waals surface area contributed by atoms with Crippen LogP contribution in [-0.4, -0.2) is 11.2 Å². The Hall–Kier alpha value is -0.900. The van der Waals surface area contributed by atoms with Crippen LogP contribution in [0.3, 0.4) is 0 Å². The first-order valence-electron chi connectivity index (χ1n) is 5.15. The quantitative estimate of drug-likeness (QED) is 0.811. The summed E-state index contributed by atoms with van der Waals surface area (Å²) in [6.07, 6.45) is 1.67. The number of hydrogen-bond acceptors (Lipinski definition) is 3. The van der Waals surface area contributed by atoms with Crippen molar-refractivity contribution in [2.75, 3.05) is 0 Å². The van der Waals surface area contributed by atoms with Crippen LogP contribution >= 0.6 is 11.8 Å². The molecule has 0 spiro atoms. The van der Waals surface area contributed by atoms with E-state index in [0.717, 1.165) is 24.4 Å². The standard InChI is InChI=1S/C11H17NO2S/c1-3-8-5-6-9(14-8)7-15-10(4-2)11(12)13/h5-6,10H,3-4,7H2,1-2H3,(H2,12,13). The molecule has 0 saturated carbocycles. The van der Waals surface area contributed by atoms with Gasteiger partial charge in [-0.25, -0.2) is 0 Å². The summed E-state index contributed by atoms with van der Waals surface area (Å²) in [7, 11) is 0. The van der Waals surface area contributed by atoms with Crippen LogP contribution in [0.4, 0.5) is 0 Å². The molecular weight excluding hydrogens is 210 g/mol. The van der Waals surface area contributed by atoms with Gasteiger partial charge in [-0.2, -0.15) is 0 Å². The Balaban J connectivity index is 2.45. The number of furan rings is 1. The summed E-state index contributed by atoms with van der Waals surface area (Å²) < 4.78 is 5.53. The Labute approximate surface area is 94.4 Å². The first-order chi connectivity index (χ1) is 7.17. The zero-order valence-corrected chi connectivity index (χ0v) is 9.97. The number of carbonyl (C=O) groups excluding carboxylic acids is 1. The van der Waals surface area contributed by atoms with Gasteiger partial charge in [-0.3, -0.25) is 4.79 Å². The van der Waals surface area contributed by atoms with Gasteiger partial charge in [0, 0.05) is 6.42 Å². The topological polar surface area (TPSA) is 56.2 Å². The van der Waals surface area contributed by atoms with Crippen molar-refractivity contribution < 1.29 is 9.21 Å². The molecule has 4 heteroatoms. The minimum atomic E-state index is -0.246. The Morgan fingerprint density at radius 3 is 2.60 bits per heavy atom. The first-order valence-corrected chi connectivity index (χ1v) is 6.20. The molecule has 1 aromatic rings. The average Bonchev–Trinajstić information content (AvgIpc) is 2.66. The Morgan fingerprint density at radius 1 is 1.47 bits per heavy atom. The van der Waals surface area contributed by atoms with Crippen LogP contribution in [0.2, 0.25) is 0 Å². The van der Waals surface area contributed by atoms with Crippen molar-refractivity contribution in [2.24, 2.45) is 5.73 Å². The fourth-order valence-corrected chi connectivity index (χ4v) is 2.19. The van der Waals surface area contributed by atoms with E-state index in [1.807, 2.05) is 26.0 Å². The van der Waals surface area contributed by atoms with Gasteiger partial charge in [0.2, 0.25) is 5.91 Å². The van der Waals surface area contributed by atoms with E-state index >= 15 is 0 Å². The third-order valence-electron chi connectivity index (χ3n) is 2.18. The zero-order valence-electron chi connectivity index (χ0n) is 9.16. The summed E-state index contributed by atoms with van der Waals surface area (Å²) in [5.41, 5.74) is 5.25. The highest BCUT2D eigenvalue weighted by Crippen LogP contribution is 2.21. The second kappa shape index (κ2) is 5.85. The molecule has 1 unspecified atom stereocenters. The fourth-order valence-electron chi connectivity index (χ4n) is 1.27. The normalized spacial score (nSPS) is 12.7. The van der Waals surface area contributed by atoms with Crippen molar-refractivity contribution in [1.82, 2.24) is 0 Å². The minimum absolute atomic E-state index is 0.111. The van der Waals surface area contributed by atoms with E-state index in [1.54, 1.807) is 0 Å². The number of thioether (sulfide) groups is 1. The zero-order chi connectivity index (χ0) is 11.3. The molecule has 0 radical (unpaired) electrons. The number of carbonyl (C=O) groups is 1. The highest BCUT2D eigenvalue weighted by Gasteiger charge is 2.14. The fraction of sp³-hybridized carbons (Fsp3) is 0.545. The van der Waals surface area contributed by atoms with E-state index < -0.39 is 0 Å². The molecule has 84 valence electrons. The molecule has 2 N–H and O–H groups in total. The van der Waals surface area contributed by atoms with Crippen molar-refractivity contribution in [2.45, 2.75) is 37.7 Å². The van der Waals surface area contributed by atoms with Crippen molar-refractivity contribution in [3.05, 3.63) is 23.7 Å². The number of rotatable bonds is 6. The Morgan fingerprint density at radius 2 is 2.13 bits per heavy atom. The average molecular weight is 227 g/mol. The van der Waals surface area contributed by atoms with Gasteiger partial charge in [-0.1, -0.05) is 13.8 Å². The van der Waals surface area contributed by atoms with E-state index in [1.165, 1.54) is 11.8 Å². The lowest BCUT2D eigenvalue weighted by Gasteiger charge is -2.08. The Bertz CT molecular complexity index is 322. The molecule has 3 nitrogen and oxygen atoms in total. The maximum absolute atomic E-state index is 11.0. The largest absolute Gasteiger partial charge is 0.465 e. The molecule has 15 heavy (non-hydrogen) atoms. The predicted molar refractivity (Wildman–Crippen MR) is 62.7 cm³/mol. The van der Waals surface area contributed by atoms with Crippen LogP contribution in [0.15, 0.2) is 16.5 Å². The third-order valence-corrected chi connectivity index (χ3v) is 3.60. The molecule has 1 amide bonds. The second-order valence-corrected chi connectivity index (χ2v) is 4.52. The summed E-state index contributed by atoms with van der Waals surface area (Å²) in [4.78, 5) is 11.0. The van der Waals surface area contributed by atoms with Crippen molar-refractivity contribution in [3.8, 4) is 0 Å². The molecule has 1 atom stereocenters. The molecule has 0 aromatic carbocycles. The summed E-state index contributed by atoms with van der Waals surface area (Å²) in [5.74, 6) is 2.36. The number of primary amides is 1. The molecule has 0 aliphatic heterocycles. The lowest BCUT2D eigenvalue weighted by atomic mass is 10.3. The molecule has 1 heterocycles.